The minimum absolute atomic E-state index is 0.155. The third-order valence-corrected chi connectivity index (χ3v) is 3.25. The number of benzene rings is 1. The minimum atomic E-state index is -2.76. The first-order chi connectivity index (χ1) is 6.84. The van der Waals surface area contributed by atoms with Crippen molar-refractivity contribution in [2.24, 2.45) is 5.73 Å². The van der Waals surface area contributed by atoms with Gasteiger partial charge < -0.3 is 5.73 Å². The van der Waals surface area contributed by atoms with E-state index in [4.69, 9.17) is 5.73 Å². The molecule has 0 saturated heterocycles. The van der Waals surface area contributed by atoms with Gasteiger partial charge in [-0.1, -0.05) is 12.1 Å². The molecule has 0 atom stereocenters. The molecule has 1 aromatic rings. The zero-order chi connectivity index (χ0) is 11.3. The van der Waals surface area contributed by atoms with Crippen molar-refractivity contribution in [1.82, 2.24) is 0 Å². The fourth-order valence-corrected chi connectivity index (χ4v) is 2.32. The molecule has 5 heteroatoms. The average molecular weight is 280 g/mol. The van der Waals surface area contributed by atoms with Crippen LogP contribution in [0, 0.1) is 5.82 Å². The Bertz CT molecular complexity index is 398. The van der Waals surface area contributed by atoms with Gasteiger partial charge in [0, 0.05) is 18.4 Å². The van der Waals surface area contributed by atoms with E-state index in [0.29, 0.717) is 0 Å². The molecule has 82 valence electrons. The van der Waals surface area contributed by atoms with Gasteiger partial charge in [0.2, 0.25) is 0 Å². The van der Waals surface area contributed by atoms with E-state index in [1.165, 1.54) is 12.1 Å². The lowest BCUT2D eigenvalue weighted by Gasteiger charge is -2.44. The molecule has 0 bridgehead atoms. The number of rotatable bonds is 1. The molecule has 1 fully saturated rings. The van der Waals surface area contributed by atoms with Gasteiger partial charge in [0.25, 0.3) is 5.92 Å². The van der Waals surface area contributed by atoms with Crippen LogP contribution >= 0.6 is 15.9 Å². The Morgan fingerprint density at radius 1 is 1.27 bits per heavy atom. The summed E-state index contributed by atoms with van der Waals surface area (Å²) in [5, 5.41) is 0. The molecule has 0 unspecified atom stereocenters. The topological polar surface area (TPSA) is 26.0 Å². The molecular formula is C10H9BrF3N. The molecule has 0 aromatic heterocycles. The third kappa shape index (κ3) is 1.78. The largest absolute Gasteiger partial charge is 0.321 e. The van der Waals surface area contributed by atoms with E-state index in [1.807, 2.05) is 0 Å². The molecule has 1 saturated carbocycles. The highest BCUT2D eigenvalue weighted by Gasteiger charge is 2.56. The lowest BCUT2D eigenvalue weighted by atomic mass is 9.69. The first-order valence-corrected chi connectivity index (χ1v) is 5.25. The van der Waals surface area contributed by atoms with E-state index < -0.39 is 30.1 Å². The molecule has 0 heterocycles. The Kier molecular flexibility index (Phi) is 2.35. The molecule has 1 nitrogen and oxygen atoms in total. The van der Waals surface area contributed by atoms with Crippen LogP contribution in [0.2, 0.25) is 0 Å². The second-order valence-corrected chi connectivity index (χ2v) is 4.82. The van der Waals surface area contributed by atoms with Crippen molar-refractivity contribution < 1.29 is 13.2 Å². The van der Waals surface area contributed by atoms with E-state index in [-0.39, 0.29) is 10.0 Å². The van der Waals surface area contributed by atoms with Gasteiger partial charge in [0.05, 0.1) is 10.0 Å². The van der Waals surface area contributed by atoms with Crippen LogP contribution < -0.4 is 5.73 Å². The smallest absolute Gasteiger partial charge is 0.252 e. The zero-order valence-electron chi connectivity index (χ0n) is 7.74. The molecule has 0 aliphatic heterocycles. The molecular weight excluding hydrogens is 271 g/mol. The summed E-state index contributed by atoms with van der Waals surface area (Å²) in [5.74, 6) is -3.31. The van der Waals surface area contributed by atoms with Crippen molar-refractivity contribution >= 4 is 15.9 Å². The van der Waals surface area contributed by atoms with E-state index in [2.05, 4.69) is 15.9 Å². The molecule has 15 heavy (non-hydrogen) atoms. The number of hydrogen-bond donors (Lipinski definition) is 1. The first kappa shape index (κ1) is 11.0. The summed E-state index contributed by atoms with van der Waals surface area (Å²) in [6.45, 7) is 0. The van der Waals surface area contributed by atoms with Gasteiger partial charge in [-0.3, -0.25) is 0 Å². The number of hydrogen-bond acceptors (Lipinski definition) is 1. The Hall–Kier alpha value is -0.550. The van der Waals surface area contributed by atoms with Crippen molar-refractivity contribution in [2.45, 2.75) is 24.3 Å². The van der Waals surface area contributed by atoms with Crippen molar-refractivity contribution in [1.29, 1.82) is 0 Å². The van der Waals surface area contributed by atoms with Crippen molar-refractivity contribution in [3.05, 3.63) is 34.1 Å². The summed E-state index contributed by atoms with van der Waals surface area (Å²) in [6, 6.07) is 4.56. The van der Waals surface area contributed by atoms with Gasteiger partial charge >= 0.3 is 0 Å². The lowest BCUT2D eigenvalue weighted by molar-refractivity contribution is -0.125. The average Bonchev–Trinajstić information content (AvgIpc) is 2.05. The van der Waals surface area contributed by atoms with Crippen LogP contribution in [-0.2, 0) is 5.54 Å². The van der Waals surface area contributed by atoms with Gasteiger partial charge in [-0.25, -0.2) is 13.2 Å². The maximum Gasteiger partial charge on any atom is 0.252 e. The number of nitrogens with two attached hydrogens (primary N) is 1. The van der Waals surface area contributed by atoms with Gasteiger partial charge in [-0.05, 0) is 22.0 Å². The maximum atomic E-state index is 13.6. The normalized spacial score (nSPS) is 22.2. The fourth-order valence-electron chi connectivity index (χ4n) is 1.95. The second kappa shape index (κ2) is 3.22. The van der Waals surface area contributed by atoms with Crippen LogP contribution in [0.15, 0.2) is 22.7 Å². The molecule has 0 radical (unpaired) electrons. The van der Waals surface area contributed by atoms with E-state index in [9.17, 15) is 13.2 Å². The summed E-state index contributed by atoms with van der Waals surface area (Å²) in [5.41, 5.74) is 4.66. The zero-order valence-corrected chi connectivity index (χ0v) is 9.32. The van der Waals surface area contributed by atoms with Crippen molar-refractivity contribution in [3.63, 3.8) is 0 Å². The first-order valence-electron chi connectivity index (χ1n) is 4.45. The molecule has 2 N–H and O–H groups in total. The highest BCUT2D eigenvalue weighted by Crippen LogP contribution is 2.50. The Morgan fingerprint density at radius 3 is 2.40 bits per heavy atom. The second-order valence-electron chi connectivity index (χ2n) is 3.97. The quantitative estimate of drug-likeness (QED) is 0.840. The predicted molar refractivity (Wildman–Crippen MR) is 54.1 cm³/mol. The molecule has 1 aromatic carbocycles. The van der Waals surface area contributed by atoms with Crippen LogP contribution in [0.3, 0.4) is 0 Å². The van der Waals surface area contributed by atoms with Crippen LogP contribution in [0.5, 0.6) is 0 Å². The number of alkyl halides is 2. The Balaban J connectivity index is 2.36. The standard InChI is InChI=1S/C10H9BrF3N/c11-7-3-1-2-6(8(7)12)9(15)4-10(13,14)5-9/h1-3H,4-5,15H2. The van der Waals surface area contributed by atoms with Crippen molar-refractivity contribution in [2.75, 3.05) is 0 Å². The van der Waals surface area contributed by atoms with Crippen molar-refractivity contribution in [3.8, 4) is 0 Å². The highest BCUT2D eigenvalue weighted by atomic mass is 79.9. The molecule has 1 aliphatic carbocycles. The summed E-state index contributed by atoms with van der Waals surface area (Å²) < 4.78 is 39.3. The van der Waals surface area contributed by atoms with E-state index in [1.54, 1.807) is 6.07 Å². The third-order valence-electron chi connectivity index (χ3n) is 2.64. The van der Waals surface area contributed by atoms with E-state index >= 15 is 0 Å². The summed E-state index contributed by atoms with van der Waals surface area (Å²) >= 11 is 3.00. The lowest BCUT2D eigenvalue weighted by Crippen LogP contribution is -2.55. The molecule has 1 aliphatic rings. The van der Waals surface area contributed by atoms with Crippen LogP contribution in [0.1, 0.15) is 18.4 Å². The molecule has 0 amide bonds. The Labute approximate surface area is 93.6 Å². The van der Waals surface area contributed by atoms with Gasteiger partial charge in [-0.15, -0.1) is 0 Å². The number of halogens is 4. The predicted octanol–water partition coefficient (Wildman–Crippen LogP) is 3.17. The van der Waals surface area contributed by atoms with Crippen LogP contribution in [-0.4, -0.2) is 5.92 Å². The SMILES string of the molecule is NC1(c2cccc(Br)c2F)CC(F)(F)C1. The molecule has 0 spiro atoms. The van der Waals surface area contributed by atoms with Gasteiger partial charge in [0.1, 0.15) is 5.82 Å². The van der Waals surface area contributed by atoms with Gasteiger partial charge in [-0.2, -0.15) is 0 Å². The fraction of sp³-hybridized carbons (Fsp3) is 0.400. The summed E-state index contributed by atoms with van der Waals surface area (Å²) in [6.07, 6.45) is -0.985. The van der Waals surface area contributed by atoms with Crippen LogP contribution in [0.4, 0.5) is 13.2 Å². The summed E-state index contributed by atoms with van der Waals surface area (Å²) in [4.78, 5) is 0. The highest BCUT2D eigenvalue weighted by molar-refractivity contribution is 9.10. The molecule has 2 rings (SSSR count). The van der Waals surface area contributed by atoms with Crippen LogP contribution in [0.25, 0.3) is 0 Å². The maximum absolute atomic E-state index is 13.6. The summed E-state index contributed by atoms with van der Waals surface area (Å²) in [7, 11) is 0. The minimum Gasteiger partial charge on any atom is -0.321 e. The monoisotopic (exact) mass is 279 g/mol. The van der Waals surface area contributed by atoms with Gasteiger partial charge in [0.15, 0.2) is 0 Å². The van der Waals surface area contributed by atoms with E-state index in [0.717, 1.165) is 0 Å². The Morgan fingerprint density at radius 2 is 1.87 bits per heavy atom.